The lowest BCUT2D eigenvalue weighted by molar-refractivity contribution is -0.563. The molecule has 1 aliphatic carbocycles. The number of carbonyl (C=O) groups is 1. The van der Waals surface area contributed by atoms with Crippen molar-refractivity contribution < 1.29 is 14.5 Å². The molecule has 0 aromatic carbocycles. The monoisotopic (exact) mass is 280 g/mol. The van der Waals surface area contributed by atoms with Gasteiger partial charge in [-0.05, 0) is 33.3 Å². The predicted octanol–water partition coefficient (Wildman–Crippen LogP) is 2.29. The Labute approximate surface area is 118 Å². The standard InChI is InChI=1S/C14H20N2O4/c1-8-6-14(16(18)19,15-10(3)17)9(2)12-11(8)7-13(4,5)20-12/h6-7H2,1-5H3,(H,15,17). The van der Waals surface area contributed by atoms with Gasteiger partial charge in [-0.2, -0.15) is 0 Å². The van der Waals surface area contributed by atoms with Crippen LogP contribution in [0.4, 0.5) is 0 Å². The molecule has 20 heavy (non-hydrogen) atoms. The molecule has 1 unspecified atom stereocenters. The van der Waals surface area contributed by atoms with E-state index < -0.39 is 16.5 Å². The number of rotatable bonds is 2. The second kappa shape index (κ2) is 4.33. The minimum atomic E-state index is -1.59. The molecule has 6 nitrogen and oxygen atoms in total. The molecular formula is C14H20N2O4. The fraction of sp³-hybridized carbons (Fsp3) is 0.643. The SMILES string of the molecule is CC(=O)NC1([N+](=O)[O-])CC(C)=C2CC(C)(C)OC2=C1C. The number of hydrogen-bond acceptors (Lipinski definition) is 4. The van der Waals surface area contributed by atoms with Crippen molar-refractivity contribution in [3.63, 3.8) is 0 Å². The molecule has 0 saturated carbocycles. The summed E-state index contributed by atoms with van der Waals surface area (Å²) in [5.41, 5.74) is 0.464. The summed E-state index contributed by atoms with van der Waals surface area (Å²) in [6.07, 6.45) is 0.920. The van der Waals surface area contributed by atoms with Gasteiger partial charge in [0.05, 0.1) is 16.9 Å². The van der Waals surface area contributed by atoms with E-state index in [1.165, 1.54) is 6.92 Å². The van der Waals surface area contributed by atoms with E-state index in [0.29, 0.717) is 11.3 Å². The van der Waals surface area contributed by atoms with Crippen LogP contribution in [0, 0.1) is 10.1 Å². The number of ether oxygens (including phenoxy) is 1. The largest absolute Gasteiger partial charge is 0.487 e. The fourth-order valence-electron chi connectivity index (χ4n) is 3.01. The molecule has 1 aliphatic heterocycles. The number of nitrogens with one attached hydrogen (secondary N) is 1. The zero-order valence-corrected chi connectivity index (χ0v) is 12.5. The smallest absolute Gasteiger partial charge is 0.325 e. The van der Waals surface area contributed by atoms with Crippen molar-refractivity contribution in [1.29, 1.82) is 0 Å². The molecule has 2 aliphatic rings. The van der Waals surface area contributed by atoms with E-state index in [1.54, 1.807) is 6.92 Å². The minimum Gasteiger partial charge on any atom is -0.487 e. The number of allylic oxidation sites excluding steroid dienone is 1. The maximum Gasteiger partial charge on any atom is 0.325 e. The average molecular weight is 280 g/mol. The molecule has 2 rings (SSSR count). The van der Waals surface area contributed by atoms with E-state index in [9.17, 15) is 14.9 Å². The normalized spacial score (nSPS) is 28.1. The van der Waals surface area contributed by atoms with E-state index in [-0.39, 0.29) is 12.0 Å². The van der Waals surface area contributed by atoms with Crippen molar-refractivity contribution in [3.8, 4) is 0 Å². The first-order valence-corrected chi connectivity index (χ1v) is 6.62. The Hall–Kier alpha value is -1.85. The van der Waals surface area contributed by atoms with E-state index in [4.69, 9.17) is 4.74 Å². The van der Waals surface area contributed by atoms with E-state index in [2.05, 4.69) is 5.32 Å². The lowest BCUT2D eigenvalue weighted by Gasteiger charge is -2.31. The van der Waals surface area contributed by atoms with Gasteiger partial charge < -0.3 is 4.74 Å². The van der Waals surface area contributed by atoms with Crippen LogP contribution in [-0.4, -0.2) is 22.1 Å². The first-order valence-electron chi connectivity index (χ1n) is 6.62. The zero-order chi connectivity index (χ0) is 15.3. The van der Waals surface area contributed by atoms with Crippen molar-refractivity contribution in [1.82, 2.24) is 5.32 Å². The maximum atomic E-state index is 11.6. The summed E-state index contributed by atoms with van der Waals surface area (Å²) < 4.78 is 5.89. The van der Waals surface area contributed by atoms with Crippen molar-refractivity contribution in [2.75, 3.05) is 0 Å². The van der Waals surface area contributed by atoms with Gasteiger partial charge in [-0.25, -0.2) is 0 Å². The van der Waals surface area contributed by atoms with Crippen LogP contribution < -0.4 is 5.32 Å². The Kier molecular flexibility index (Phi) is 3.15. The third-order valence-electron chi connectivity index (χ3n) is 3.95. The topological polar surface area (TPSA) is 81.5 Å². The molecule has 6 heteroatoms. The highest BCUT2D eigenvalue weighted by Crippen LogP contribution is 2.47. The second-order valence-corrected chi connectivity index (χ2v) is 6.23. The van der Waals surface area contributed by atoms with E-state index in [1.807, 2.05) is 20.8 Å². The van der Waals surface area contributed by atoms with Gasteiger partial charge >= 0.3 is 5.66 Å². The number of hydrogen-bond donors (Lipinski definition) is 1. The van der Waals surface area contributed by atoms with Crippen LogP contribution in [0.3, 0.4) is 0 Å². The minimum absolute atomic E-state index is 0.184. The quantitative estimate of drug-likeness (QED) is 0.478. The van der Waals surface area contributed by atoms with Crippen LogP contribution in [0.2, 0.25) is 0 Å². The van der Waals surface area contributed by atoms with E-state index in [0.717, 1.165) is 17.6 Å². The third-order valence-corrected chi connectivity index (χ3v) is 3.95. The summed E-state index contributed by atoms with van der Waals surface area (Å²) in [5, 5.41) is 14.1. The number of nitro groups is 1. The number of fused-ring (bicyclic) bond motifs is 1. The van der Waals surface area contributed by atoms with Gasteiger partial charge in [-0.15, -0.1) is 0 Å². The second-order valence-electron chi connectivity index (χ2n) is 6.23. The Morgan fingerprint density at radius 1 is 1.35 bits per heavy atom. The zero-order valence-electron chi connectivity index (χ0n) is 12.5. The third kappa shape index (κ3) is 2.09. The summed E-state index contributed by atoms with van der Waals surface area (Å²) >= 11 is 0. The van der Waals surface area contributed by atoms with Crippen LogP contribution >= 0.6 is 0 Å². The Morgan fingerprint density at radius 3 is 2.45 bits per heavy atom. The van der Waals surface area contributed by atoms with Gasteiger partial charge in [0.25, 0.3) is 0 Å². The first kappa shape index (κ1) is 14.6. The lowest BCUT2D eigenvalue weighted by atomic mass is 9.82. The average Bonchev–Trinajstić information content (AvgIpc) is 2.61. The van der Waals surface area contributed by atoms with Crippen molar-refractivity contribution >= 4 is 5.91 Å². The number of amides is 1. The van der Waals surface area contributed by atoms with Gasteiger partial charge in [0.1, 0.15) is 11.4 Å². The molecule has 0 bridgehead atoms. The van der Waals surface area contributed by atoms with Gasteiger partial charge in [-0.1, -0.05) is 5.57 Å². The summed E-state index contributed by atoms with van der Waals surface area (Å²) in [4.78, 5) is 22.6. The molecule has 1 atom stereocenters. The molecule has 0 spiro atoms. The van der Waals surface area contributed by atoms with Gasteiger partial charge in [0.2, 0.25) is 5.91 Å². The summed E-state index contributed by atoms with van der Waals surface area (Å²) in [6.45, 7) is 8.74. The Balaban J connectivity index is 2.59. The van der Waals surface area contributed by atoms with Crippen LogP contribution in [0.5, 0.6) is 0 Å². The van der Waals surface area contributed by atoms with Crippen LogP contribution in [0.15, 0.2) is 22.5 Å². The molecule has 1 fully saturated rings. The van der Waals surface area contributed by atoms with Crippen molar-refractivity contribution in [2.24, 2.45) is 0 Å². The van der Waals surface area contributed by atoms with Crippen molar-refractivity contribution in [2.45, 2.75) is 58.7 Å². The molecule has 1 N–H and O–H groups in total. The van der Waals surface area contributed by atoms with Crippen molar-refractivity contribution in [3.05, 3.63) is 32.6 Å². The highest BCUT2D eigenvalue weighted by Gasteiger charge is 2.53. The molecule has 1 heterocycles. The summed E-state index contributed by atoms with van der Waals surface area (Å²) in [5.74, 6) is 0.152. The molecule has 110 valence electrons. The molecule has 0 radical (unpaired) electrons. The summed E-state index contributed by atoms with van der Waals surface area (Å²) in [7, 11) is 0. The van der Waals surface area contributed by atoms with Crippen LogP contribution in [0.25, 0.3) is 0 Å². The van der Waals surface area contributed by atoms with Gasteiger partial charge in [0, 0.05) is 13.3 Å². The molecule has 0 aromatic rings. The fourth-order valence-corrected chi connectivity index (χ4v) is 3.01. The molecule has 0 aromatic heterocycles. The van der Waals surface area contributed by atoms with E-state index >= 15 is 0 Å². The highest BCUT2D eigenvalue weighted by molar-refractivity contribution is 5.74. The summed E-state index contributed by atoms with van der Waals surface area (Å²) in [6, 6.07) is 0. The lowest BCUT2D eigenvalue weighted by Crippen LogP contribution is -2.56. The Morgan fingerprint density at radius 2 is 1.95 bits per heavy atom. The predicted molar refractivity (Wildman–Crippen MR) is 73.3 cm³/mol. The highest BCUT2D eigenvalue weighted by atomic mass is 16.6. The number of carbonyl (C=O) groups excluding carboxylic acids is 1. The maximum absolute atomic E-state index is 11.6. The van der Waals surface area contributed by atoms with Crippen LogP contribution in [-0.2, 0) is 9.53 Å². The van der Waals surface area contributed by atoms with Crippen LogP contribution in [0.1, 0.15) is 47.5 Å². The molecule has 1 saturated heterocycles. The molecular weight excluding hydrogens is 260 g/mol. The van der Waals surface area contributed by atoms with Gasteiger partial charge in [0.15, 0.2) is 0 Å². The number of nitrogens with zero attached hydrogens (tertiary/aromatic N) is 1. The molecule has 1 amide bonds. The Bertz CT molecular complexity index is 560. The first-order chi connectivity index (χ1) is 9.09. The van der Waals surface area contributed by atoms with Gasteiger partial charge in [-0.3, -0.25) is 20.2 Å².